The molecule has 0 N–H and O–H groups in total. The van der Waals surface area contributed by atoms with Crippen LogP contribution in [0.5, 0.6) is 11.5 Å². The molecule has 4 aromatic carbocycles. The third-order valence-electron chi connectivity index (χ3n) is 6.14. The SMILES string of the molecule is COc1ccc(C=C2C(=O)N(c3ccccc3)C(=S)N(c3ccccc3)C2=O)c(OCc2ccccc2F)c1. The second-order valence-corrected chi connectivity index (χ2v) is 8.94. The molecule has 0 saturated carbocycles. The van der Waals surface area contributed by atoms with Gasteiger partial charge in [-0.1, -0.05) is 54.6 Å². The summed E-state index contributed by atoms with van der Waals surface area (Å²) in [5, 5.41) is 0.0466. The van der Waals surface area contributed by atoms with Gasteiger partial charge in [-0.15, -0.1) is 0 Å². The number of thiocarbonyl (C=S) groups is 1. The van der Waals surface area contributed by atoms with Crippen LogP contribution in [-0.4, -0.2) is 24.0 Å². The second-order valence-electron chi connectivity index (χ2n) is 8.58. The average Bonchev–Trinajstić information content (AvgIpc) is 2.96. The smallest absolute Gasteiger partial charge is 0.270 e. The first-order valence-electron chi connectivity index (χ1n) is 12.1. The van der Waals surface area contributed by atoms with Gasteiger partial charge in [0, 0.05) is 17.2 Å². The molecule has 39 heavy (non-hydrogen) atoms. The number of hydrogen-bond donors (Lipinski definition) is 0. The first-order valence-corrected chi connectivity index (χ1v) is 12.5. The van der Waals surface area contributed by atoms with E-state index in [1.807, 2.05) is 12.1 Å². The molecule has 5 rings (SSSR count). The highest BCUT2D eigenvalue weighted by Gasteiger charge is 2.41. The Morgan fingerprint density at radius 3 is 1.92 bits per heavy atom. The molecule has 4 aromatic rings. The highest BCUT2D eigenvalue weighted by Crippen LogP contribution is 2.33. The maximum Gasteiger partial charge on any atom is 0.270 e. The highest BCUT2D eigenvalue weighted by atomic mass is 32.1. The summed E-state index contributed by atoms with van der Waals surface area (Å²) < 4.78 is 25.5. The lowest BCUT2D eigenvalue weighted by Crippen LogP contribution is -2.56. The van der Waals surface area contributed by atoms with Gasteiger partial charge >= 0.3 is 0 Å². The molecular formula is C31H23FN2O4S. The Hall–Kier alpha value is -4.82. The first kappa shape index (κ1) is 25.8. The van der Waals surface area contributed by atoms with Gasteiger partial charge in [0.25, 0.3) is 11.8 Å². The van der Waals surface area contributed by atoms with Crippen LogP contribution in [0.2, 0.25) is 0 Å². The van der Waals surface area contributed by atoms with E-state index in [-0.39, 0.29) is 17.3 Å². The molecule has 2 amide bonds. The quantitative estimate of drug-likeness (QED) is 0.160. The number of amides is 2. The van der Waals surface area contributed by atoms with Crippen molar-refractivity contribution in [2.45, 2.75) is 6.61 Å². The monoisotopic (exact) mass is 538 g/mol. The van der Waals surface area contributed by atoms with Crippen LogP contribution in [-0.2, 0) is 16.2 Å². The molecule has 0 bridgehead atoms. The number of nitrogens with zero attached hydrogens (tertiary/aromatic N) is 2. The molecule has 194 valence electrons. The van der Waals surface area contributed by atoms with E-state index < -0.39 is 17.6 Å². The van der Waals surface area contributed by atoms with Crippen molar-refractivity contribution in [3.8, 4) is 11.5 Å². The van der Waals surface area contributed by atoms with Crippen molar-refractivity contribution >= 4 is 46.6 Å². The Morgan fingerprint density at radius 2 is 1.36 bits per heavy atom. The molecule has 1 aliphatic rings. The van der Waals surface area contributed by atoms with E-state index in [9.17, 15) is 14.0 Å². The Kier molecular flexibility index (Phi) is 7.47. The molecule has 0 aromatic heterocycles. The van der Waals surface area contributed by atoms with E-state index in [0.29, 0.717) is 34.0 Å². The summed E-state index contributed by atoms with van der Waals surface area (Å²) in [6, 6.07) is 29.1. The topological polar surface area (TPSA) is 59.1 Å². The number of carbonyl (C=O) groups excluding carboxylic acids is 2. The molecule has 6 nitrogen and oxygen atoms in total. The maximum absolute atomic E-state index is 14.2. The van der Waals surface area contributed by atoms with E-state index in [1.165, 1.54) is 29.1 Å². The fraction of sp³-hybridized carbons (Fsp3) is 0.0645. The number of rotatable bonds is 7. The largest absolute Gasteiger partial charge is 0.497 e. The van der Waals surface area contributed by atoms with Gasteiger partial charge in [0.1, 0.15) is 29.5 Å². The molecule has 1 fully saturated rings. The van der Waals surface area contributed by atoms with Gasteiger partial charge in [-0.25, -0.2) is 4.39 Å². The van der Waals surface area contributed by atoms with E-state index >= 15 is 0 Å². The maximum atomic E-state index is 14.2. The Labute approximate surface area is 230 Å². The van der Waals surface area contributed by atoms with Gasteiger partial charge in [-0.3, -0.25) is 19.4 Å². The third-order valence-corrected chi connectivity index (χ3v) is 6.51. The van der Waals surface area contributed by atoms with E-state index in [0.717, 1.165) is 0 Å². The summed E-state index contributed by atoms with van der Waals surface area (Å²) in [7, 11) is 1.51. The van der Waals surface area contributed by atoms with Crippen molar-refractivity contribution in [3.63, 3.8) is 0 Å². The molecule has 1 aliphatic heterocycles. The van der Waals surface area contributed by atoms with Crippen molar-refractivity contribution < 1.29 is 23.5 Å². The number of hydrogen-bond acceptors (Lipinski definition) is 5. The van der Waals surface area contributed by atoms with Gasteiger partial charge < -0.3 is 9.47 Å². The van der Waals surface area contributed by atoms with Crippen molar-refractivity contribution in [3.05, 3.63) is 126 Å². The predicted molar refractivity (Wildman–Crippen MR) is 152 cm³/mol. The standard InChI is InChI=1S/C31H23FN2O4S/c1-37-25-17-16-21(28(19-25)38-20-22-10-8-9-15-27(22)32)18-26-29(35)33(23-11-4-2-5-12-23)31(39)34(30(26)36)24-13-6-3-7-14-24/h2-19H,20H2,1H3. The zero-order valence-corrected chi connectivity index (χ0v) is 21.7. The number of para-hydroxylation sites is 2. The summed E-state index contributed by atoms with van der Waals surface area (Å²) in [5.41, 5.74) is 1.74. The summed E-state index contributed by atoms with van der Waals surface area (Å²) in [6.45, 7) is -0.0612. The van der Waals surface area contributed by atoms with E-state index in [2.05, 4.69) is 0 Å². The number of anilines is 2. The molecule has 8 heteroatoms. The zero-order valence-electron chi connectivity index (χ0n) is 20.9. The minimum Gasteiger partial charge on any atom is -0.497 e. The number of halogens is 1. The van der Waals surface area contributed by atoms with Gasteiger partial charge in [0.05, 0.1) is 18.5 Å². The molecular weight excluding hydrogens is 515 g/mol. The number of carbonyl (C=O) groups is 2. The number of methoxy groups -OCH3 is 1. The van der Waals surface area contributed by atoms with Crippen LogP contribution in [0, 0.1) is 5.82 Å². The summed E-state index contributed by atoms with van der Waals surface area (Å²) in [5.74, 6) is -0.724. The number of ether oxygens (including phenoxy) is 2. The lowest BCUT2D eigenvalue weighted by Gasteiger charge is -2.36. The predicted octanol–water partition coefficient (Wildman–Crippen LogP) is 6.16. The molecule has 0 radical (unpaired) electrons. The van der Waals surface area contributed by atoms with Gasteiger partial charge in [0.15, 0.2) is 5.11 Å². The van der Waals surface area contributed by atoms with Crippen LogP contribution in [0.4, 0.5) is 15.8 Å². The van der Waals surface area contributed by atoms with Gasteiger partial charge in [-0.2, -0.15) is 0 Å². The van der Waals surface area contributed by atoms with Crippen molar-refractivity contribution in [1.29, 1.82) is 0 Å². The van der Waals surface area contributed by atoms with Gasteiger partial charge in [-0.05, 0) is 60.8 Å². The Morgan fingerprint density at radius 1 is 0.795 bits per heavy atom. The van der Waals surface area contributed by atoms with Gasteiger partial charge in [0.2, 0.25) is 0 Å². The fourth-order valence-electron chi connectivity index (χ4n) is 4.15. The molecule has 1 saturated heterocycles. The van der Waals surface area contributed by atoms with Crippen LogP contribution in [0.1, 0.15) is 11.1 Å². The van der Waals surface area contributed by atoms with Crippen molar-refractivity contribution in [2.24, 2.45) is 0 Å². The first-order chi connectivity index (χ1) is 19.0. The van der Waals surface area contributed by atoms with Crippen molar-refractivity contribution in [1.82, 2.24) is 0 Å². The van der Waals surface area contributed by atoms with Crippen LogP contribution in [0.25, 0.3) is 6.08 Å². The molecule has 1 heterocycles. The molecule has 0 spiro atoms. The molecule has 0 aliphatic carbocycles. The lowest BCUT2D eigenvalue weighted by molar-refractivity contribution is -0.120. The summed E-state index contributed by atoms with van der Waals surface area (Å²) in [4.78, 5) is 30.3. The second kappa shape index (κ2) is 11.3. The van der Waals surface area contributed by atoms with E-state index in [4.69, 9.17) is 21.7 Å². The van der Waals surface area contributed by atoms with Crippen LogP contribution < -0.4 is 19.3 Å². The molecule has 0 unspecified atom stereocenters. The minimum atomic E-state index is -0.570. The minimum absolute atomic E-state index is 0.0466. The average molecular weight is 539 g/mol. The zero-order chi connectivity index (χ0) is 27.4. The Bertz CT molecular complexity index is 1510. The summed E-state index contributed by atoms with van der Waals surface area (Å²) in [6.07, 6.45) is 1.47. The lowest BCUT2D eigenvalue weighted by atomic mass is 10.0. The normalized spacial score (nSPS) is 13.5. The summed E-state index contributed by atoms with van der Waals surface area (Å²) >= 11 is 5.66. The van der Waals surface area contributed by atoms with Crippen LogP contribution in [0.15, 0.2) is 109 Å². The van der Waals surface area contributed by atoms with Crippen LogP contribution >= 0.6 is 12.2 Å². The van der Waals surface area contributed by atoms with Crippen LogP contribution in [0.3, 0.4) is 0 Å². The highest BCUT2D eigenvalue weighted by molar-refractivity contribution is 7.81. The third kappa shape index (κ3) is 5.28. The van der Waals surface area contributed by atoms with Crippen molar-refractivity contribution in [2.75, 3.05) is 16.9 Å². The number of benzene rings is 4. The molecule has 0 atom stereocenters. The fourth-order valence-corrected chi connectivity index (χ4v) is 4.53. The Balaban J connectivity index is 1.59. The van der Waals surface area contributed by atoms with E-state index in [1.54, 1.807) is 84.9 Å².